The largest absolute Gasteiger partial charge is 0.372 e. The number of hydrogen-bond donors (Lipinski definition) is 1. The predicted octanol–water partition coefficient (Wildman–Crippen LogP) is 1.77. The zero-order valence-electron chi connectivity index (χ0n) is 9.11. The summed E-state index contributed by atoms with van der Waals surface area (Å²) in [4.78, 5) is 0. The summed E-state index contributed by atoms with van der Waals surface area (Å²) in [6.07, 6.45) is 4.68. The maximum atomic E-state index is 5.88. The molecule has 4 nitrogen and oxygen atoms in total. The fraction of sp³-hybridized carbons (Fsp3) is 0.727. The molecule has 1 heterocycles. The summed E-state index contributed by atoms with van der Waals surface area (Å²) in [6, 6.07) is 2.21. The lowest BCUT2D eigenvalue weighted by Crippen LogP contribution is -2.32. The molecular weight excluding hydrogens is 192 g/mol. The molecule has 2 rings (SSSR count). The van der Waals surface area contributed by atoms with Gasteiger partial charge in [0.15, 0.2) is 0 Å². The van der Waals surface area contributed by atoms with Crippen LogP contribution in [0.25, 0.3) is 0 Å². The average molecular weight is 210 g/mol. The van der Waals surface area contributed by atoms with Crippen LogP contribution in [0.4, 0.5) is 0 Å². The van der Waals surface area contributed by atoms with Gasteiger partial charge in [0.25, 0.3) is 0 Å². The van der Waals surface area contributed by atoms with E-state index >= 15 is 0 Å². The number of hydrogen-bond acceptors (Lipinski definition) is 4. The van der Waals surface area contributed by atoms with Crippen LogP contribution in [0.2, 0.25) is 0 Å². The van der Waals surface area contributed by atoms with Gasteiger partial charge in [-0.3, -0.25) is 0 Å². The molecule has 0 spiro atoms. The Morgan fingerprint density at radius 1 is 1.60 bits per heavy atom. The second-order valence-electron chi connectivity index (χ2n) is 4.29. The molecule has 84 valence electrons. The van der Waals surface area contributed by atoms with Crippen molar-refractivity contribution in [2.75, 3.05) is 0 Å². The van der Waals surface area contributed by atoms with Gasteiger partial charge in [-0.2, -0.15) is 0 Å². The minimum absolute atomic E-state index is 0.297. The second kappa shape index (κ2) is 4.77. The molecule has 15 heavy (non-hydrogen) atoms. The fourth-order valence-corrected chi connectivity index (χ4v) is 2.02. The first-order chi connectivity index (χ1) is 7.24. The van der Waals surface area contributed by atoms with Gasteiger partial charge in [-0.15, -0.1) is 0 Å². The highest BCUT2D eigenvalue weighted by Crippen LogP contribution is 2.20. The molecule has 0 bridgehead atoms. The summed E-state index contributed by atoms with van der Waals surface area (Å²) in [6.45, 7) is 2.42. The maximum Gasteiger partial charge on any atom is 0.134 e. The third kappa shape index (κ3) is 3.04. The van der Waals surface area contributed by atoms with Crippen LogP contribution in [0.15, 0.2) is 10.6 Å². The van der Waals surface area contributed by atoms with E-state index in [1.807, 2.05) is 13.0 Å². The van der Waals surface area contributed by atoms with Crippen LogP contribution < -0.4 is 5.73 Å². The summed E-state index contributed by atoms with van der Waals surface area (Å²) in [5, 5.41) is 3.89. The van der Waals surface area contributed by atoms with Crippen molar-refractivity contribution >= 4 is 0 Å². The normalized spacial score (nSPS) is 26.8. The molecule has 1 aromatic rings. The Bertz CT molecular complexity index is 311. The van der Waals surface area contributed by atoms with E-state index in [9.17, 15) is 0 Å². The number of nitrogens with zero attached hydrogens (tertiary/aromatic N) is 1. The standard InChI is InChI=1S/C11H18N2O2/c1-8-5-10(13-15-8)7-14-11-4-2-3-9(12)6-11/h5,9,11H,2-4,6-7,12H2,1H3. The molecule has 1 saturated carbocycles. The first-order valence-electron chi connectivity index (χ1n) is 5.53. The van der Waals surface area contributed by atoms with Crippen molar-refractivity contribution in [1.82, 2.24) is 5.16 Å². The molecule has 0 aromatic carbocycles. The van der Waals surface area contributed by atoms with Gasteiger partial charge in [-0.05, 0) is 32.6 Å². The molecule has 1 aliphatic rings. The highest BCUT2D eigenvalue weighted by molar-refractivity contribution is 5.01. The van der Waals surface area contributed by atoms with Crippen LogP contribution in [-0.2, 0) is 11.3 Å². The molecule has 1 aromatic heterocycles. The van der Waals surface area contributed by atoms with Crippen LogP contribution in [0, 0.1) is 6.92 Å². The summed E-state index contributed by atoms with van der Waals surface area (Å²) < 4.78 is 10.7. The Morgan fingerprint density at radius 3 is 3.13 bits per heavy atom. The van der Waals surface area contributed by atoms with E-state index in [-0.39, 0.29) is 0 Å². The highest BCUT2D eigenvalue weighted by atomic mass is 16.5. The van der Waals surface area contributed by atoms with Crippen molar-refractivity contribution in [3.8, 4) is 0 Å². The first kappa shape index (κ1) is 10.6. The van der Waals surface area contributed by atoms with Crippen molar-refractivity contribution in [2.45, 2.75) is 51.4 Å². The Morgan fingerprint density at radius 2 is 2.47 bits per heavy atom. The number of nitrogens with two attached hydrogens (primary N) is 1. The summed E-state index contributed by atoms with van der Waals surface area (Å²) in [7, 11) is 0. The average Bonchev–Trinajstić information content (AvgIpc) is 2.62. The summed E-state index contributed by atoms with van der Waals surface area (Å²) >= 11 is 0. The van der Waals surface area contributed by atoms with E-state index in [0.717, 1.165) is 30.7 Å². The topological polar surface area (TPSA) is 61.3 Å². The highest BCUT2D eigenvalue weighted by Gasteiger charge is 2.19. The Balaban J connectivity index is 1.77. The summed E-state index contributed by atoms with van der Waals surface area (Å²) in [5.74, 6) is 0.828. The van der Waals surface area contributed by atoms with Crippen molar-refractivity contribution in [1.29, 1.82) is 0 Å². The van der Waals surface area contributed by atoms with Gasteiger partial charge in [0.1, 0.15) is 11.5 Å². The quantitative estimate of drug-likeness (QED) is 0.826. The van der Waals surface area contributed by atoms with Crippen LogP contribution >= 0.6 is 0 Å². The van der Waals surface area contributed by atoms with Gasteiger partial charge < -0.3 is 15.0 Å². The SMILES string of the molecule is Cc1cc(COC2CCCC(N)C2)no1. The summed E-state index contributed by atoms with van der Waals surface area (Å²) in [5.41, 5.74) is 6.75. The molecule has 0 radical (unpaired) electrons. The molecule has 0 aliphatic heterocycles. The first-order valence-corrected chi connectivity index (χ1v) is 5.53. The lowest BCUT2D eigenvalue weighted by Gasteiger charge is -2.26. The number of aromatic nitrogens is 1. The minimum atomic E-state index is 0.297. The zero-order valence-corrected chi connectivity index (χ0v) is 9.11. The number of rotatable bonds is 3. The zero-order chi connectivity index (χ0) is 10.7. The van der Waals surface area contributed by atoms with E-state index in [0.29, 0.717) is 18.8 Å². The van der Waals surface area contributed by atoms with Gasteiger partial charge in [0.2, 0.25) is 0 Å². The van der Waals surface area contributed by atoms with E-state index in [4.69, 9.17) is 15.0 Å². The van der Waals surface area contributed by atoms with Crippen molar-refractivity contribution in [3.05, 3.63) is 17.5 Å². The van der Waals surface area contributed by atoms with Gasteiger partial charge in [0, 0.05) is 12.1 Å². The monoisotopic (exact) mass is 210 g/mol. The van der Waals surface area contributed by atoms with E-state index in [1.165, 1.54) is 6.42 Å². The maximum absolute atomic E-state index is 5.88. The van der Waals surface area contributed by atoms with Gasteiger partial charge >= 0.3 is 0 Å². The Labute approximate surface area is 89.8 Å². The Hall–Kier alpha value is -0.870. The molecule has 0 saturated heterocycles. The van der Waals surface area contributed by atoms with Crippen LogP contribution in [0.3, 0.4) is 0 Å². The van der Waals surface area contributed by atoms with Crippen LogP contribution in [-0.4, -0.2) is 17.3 Å². The predicted molar refractivity (Wildman–Crippen MR) is 56.3 cm³/mol. The molecule has 0 amide bonds. The molecule has 4 heteroatoms. The lowest BCUT2D eigenvalue weighted by atomic mass is 9.94. The molecular formula is C11H18N2O2. The molecule has 2 N–H and O–H groups in total. The van der Waals surface area contributed by atoms with Crippen LogP contribution in [0.1, 0.15) is 37.1 Å². The van der Waals surface area contributed by atoms with Gasteiger partial charge in [-0.1, -0.05) is 5.16 Å². The smallest absolute Gasteiger partial charge is 0.134 e. The Kier molecular flexibility index (Phi) is 3.38. The third-order valence-electron chi connectivity index (χ3n) is 2.81. The fourth-order valence-electron chi connectivity index (χ4n) is 2.02. The third-order valence-corrected chi connectivity index (χ3v) is 2.81. The minimum Gasteiger partial charge on any atom is -0.372 e. The second-order valence-corrected chi connectivity index (χ2v) is 4.29. The van der Waals surface area contributed by atoms with Gasteiger partial charge in [-0.25, -0.2) is 0 Å². The molecule has 1 fully saturated rings. The van der Waals surface area contributed by atoms with Gasteiger partial charge in [0.05, 0.1) is 12.7 Å². The van der Waals surface area contributed by atoms with E-state index < -0.39 is 0 Å². The molecule has 1 aliphatic carbocycles. The van der Waals surface area contributed by atoms with E-state index in [1.54, 1.807) is 0 Å². The van der Waals surface area contributed by atoms with Crippen molar-refractivity contribution in [3.63, 3.8) is 0 Å². The van der Waals surface area contributed by atoms with Crippen molar-refractivity contribution < 1.29 is 9.26 Å². The van der Waals surface area contributed by atoms with E-state index in [2.05, 4.69) is 5.16 Å². The number of ether oxygens (including phenoxy) is 1. The number of aryl methyl sites for hydroxylation is 1. The molecule has 2 unspecified atom stereocenters. The van der Waals surface area contributed by atoms with Crippen LogP contribution in [0.5, 0.6) is 0 Å². The van der Waals surface area contributed by atoms with Crippen molar-refractivity contribution in [2.24, 2.45) is 5.73 Å². The molecule has 2 atom stereocenters. The lowest BCUT2D eigenvalue weighted by molar-refractivity contribution is 0.00968.